The first-order chi connectivity index (χ1) is 10.5. The fourth-order valence-electron chi connectivity index (χ4n) is 1.76. The van der Waals surface area contributed by atoms with Crippen LogP contribution in [-0.4, -0.2) is 21.9 Å². The zero-order chi connectivity index (χ0) is 17.4. The molecular formula is C14H8F6N2O. The highest BCUT2D eigenvalue weighted by Crippen LogP contribution is 2.34. The summed E-state index contributed by atoms with van der Waals surface area (Å²) in [6.45, 7) is 1.75. The molecule has 0 aliphatic rings. The molecule has 2 aromatic rings. The number of hydrogen-bond acceptors (Lipinski definition) is 3. The number of carbonyl (C=O) groups is 1. The summed E-state index contributed by atoms with van der Waals surface area (Å²) in [5.41, 5.74) is -2.52. The van der Waals surface area contributed by atoms with Gasteiger partial charge in [-0.15, -0.1) is 0 Å². The molecule has 0 aliphatic carbocycles. The predicted molar refractivity (Wildman–Crippen MR) is 67.6 cm³/mol. The summed E-state index contributed by atoms with van der Waals surface area (Å²) >= 11 is 0. The Kier molecular flexibility index (Phi) is 4.14. The third-order valence-corrected chi connectivity index (χ3v) is 2.87. The average molecular weight is 334 g/mol. The predicted octanol–water partition coefficient (Wildman–Crippen LogP) is 4.22. The van der Waals surface area contributed by atoms with Gasteiger partial charge in [0.05, 0.1) is 5.56 Å². The minimum atomic E-state index is -5.45. The van der Waals surface area contributed by atoms with Gasteiger partial charge in [-0.05, 0) is 6.92 Å². The number of benzene rings is 1. The van der Waals surface area contributed by atoms with Gasteiger partial charge in [-0.3, -0.25) is 4.79 Å². The minimum Gasteiger partial charge on any atom is -0.284 e. The molecule has 0 saturated carbocycles. The molecular weight excluding hydrogens is 326 g/mol. The maximum Gasteiger partial charge on any atom is 0.455 e. The Morgan fingerprint density at radius 3 is 2.04 bits per heavy atom. The molecule has 122 valence electrons. The van der Waals surface area contributed by atoms with E-state index in [0.29, 0.717) is 0 Å². The van der Waals surface area contributed by atoms with Crippen LogP contribution in [0.4, 0.5) is 26.3 Å². The lowest BCUT2D eigenvalue weighted by Crippen LogP contribution is -2.27. The molecule has 0 radical (unpaired) electrons. The molecule has 9 heteroatoms. The number of aromatic nitrogens is 2. The van der Waals surface area contributed by atoms with E-state index in [-0.39, 0.29) is 11.8 Å². The van der Waals surface area contributed by atoms with Gasteiger partial charge in [0.15, 0.2) is 11.5 Å². The van der Waals surface area contributed by atoms with Crippen LogP contribution in [0.3, 0.4) is 0 Å². The molecule has 0 saturated heterocycles. The average Bonchev–Trinajstić information content (AvgIpc) is 2.45. The summed E-state index contributed by atoms with van der Waals surface area (Å²) in [6, 6.07) is 6.02. The number of alkyl halides is 6. The topological polar surface area (TPSA) is 42.9 Å². The van der Waals surface area contributed by atoms with Crippen molar-refractivity contribution in [2.24, 2.45) is 0 Å². The summed E-state index contributed by atoms with van der Waals surface area (Å²) < 4.78 is 76.0. The van der Waals surface area contributed by atoms with Crippen LogP contribution in [-0.2, 0) is 6.18 Å². The molecule has 0 unspecified atom stereocenters. The first-order valence-corrected chi connectivity index (χ1v) is 6.13. The van der Waals surface area contributed by atoms with Gasteiger partial charge < -0.3 is 0 Å². The van der Waals surface area contributed by atoms with E-state index in [1.54, 1.807) is 19.1 Å². The lowest BCUT2D eigenvalue weighted by atomic mass is 10.1. The van der Waals surface area contributed by atoms with E-state index >= 15 is 0 Å². The van der Waals surface area contributed by atoms with Crippen molar-refractivity contribution in [2.45, 2.75) is 19.3 Å². The molecule has 2 rings (SSSR count). The van der Waals surface area contributed by atoms with E-state index in [0.717, 1.165) is 5.56 Å². The maximum atomic E-state index is 12.9. The second kappa shape index (κ2) is 5.64. The van der Waals surface area contributed by atoms with Crippen molar-refractivity contribution in [1.29, 1.82) is 0 Å². The zero-order valence-electron chi connectivity index (χ0n) is 11.5. The number of rotatable bonds is 2. The fraction of sp³-hybridized carbons (Fsp3) is 0.214. The maximum absolute atomic E-state index is 12.9. The van der Waals surface area contributed by atoms with Crippen LogP contribution < -0.4 is 0 Å². The highest BCUT2D eigenvalue weighted by atomic mass is 19.4. The van der Waals surface area contributed by atoms with E-state index in [9.17, 15) is 31.1 Å². The lowest BCUT2D eigenvalue weighted by molar-refractivity contribution is -0.142. The molecule has 0 spiro atoms. The van der Waals surface area contributed by atoms with Crippen LogP contribution in [0.15, 0.2) is 30.5 Å². The van der Waals surface area contributed by atoms with E-state index in [1.165, 1.54) is 12.1 Å². The monoisotopic (exact) mass is 334 g/mol. The first kappa shape index (κ1) is 16.9. The van der Waals surface area contributed by atoms with Gasteiger partial charge in [-0.25, -0.2) is 9.97 Å². The van der Waals surface area contributed by atoms with Gasteiger partial charge in [0, 0.05) is 11.8 Å². The van der Waals surface area contributed by atoms with Crippen LogP contribution in [0.5, 0.6) is 0 Å². The third-order valence-electron chi connectivity index (χ3n) is 2.87. The molecule has 1 heterocycles. The van der Waals surface area contributed by atoms with Gasteiger partial charge in [0.2, 0.25) is 0 Å². The van der Waals surface area contributed by atoms with E-state index in [1.807, 2.05) is 0 Å². The zero-order valence-corrected chi connectivity index (χ0v) is 11.5. The number of aryl methyl sites for hydroxylation is 1. The normalized spacial score (nSPS) is 12.3. The second-order valence-electron chi connectivity index (χ2n) is 4.65. The highest BCUT2D eigenvalue weighted by Gasteiger charge is 2.46. The van der Waals surface area contributed by atoms with Gasteiger partial charge >= 0.3 is 12.4 Å². The van der Waals surface area contributed by atoms with Crippen LogP contribution >= 0.6 is 0 Å². The number of Topliss-reactive ketones (excluding diaryl/α,β-unsaturated/α-hetero) is 1. The Labute approximate surface area is 126 Å². The Morgan fingerprint density at radius 2 is 1.57 bits per heavy atom. The van der Waals surface area contributed by atoms with Gasteiger partial charge in [0.1, 0.15) is 0 Å². The summed E-state index contributed by atoms with van der Waals surface area (Å²) in [6.07, 6.45) is -10.4. The third kappa shape index (κ3) is 3.66. The van der Waals surface area contributed by atoms with Crippen molar-refractivity contribution in [3.8, 4) is 11.4 Å². The Bertz CT molecular complexity index is 734. The molecule has 23 heavy (non-hydrogen) atoms. The Hall–Kier alpha value is -2.45. The SMILES string of the molecule is Cc1ccc(-c2ncc(C(=O)C(F)(F)F)c(C(F)(F)F)n2)cc1. The number of hydrogen-bond donors (Lipinski definition) is 0. The number of carbonyl (C=O) groups excluding carboxylic acids is 1. The van der Waals surface area contributed by atoms with Crippen LogP contribution in [0, 0.1) is 6.92 Å². The first-order valence-electron chi connectivity index (χ1n) is 6.13. The summed E-state index contributed by atoms with van der Waals surface area (Å²) in [7, 11) is 0. The van der Waals surface area contributed by atoms with Crippen molar-refractivity contribution in [1.82, 2.24) is 9.97 Å². The molecule has 1 aromatic carbocycles. The van der Waals surface area contributed by atoms with Crippen LogP contribution in [0.1, 0.15) is 21.6 Å². The Morgan fingerprint density at radius 1 is 1.00 bits per heavy atom. The molecule has 0 fully saturated rings. The van der Waals surface area contributed by atoms with E-state index < -0.39 is 35.2 Å². The molecule has 0 N–H and O–H groups in total. The Balaban J connectivity index is 2.60. The van der Waals surface area contributed by atoms with Crippen molar-refractivity contribution in [2.75, 3.05) is 0 Å². The molecule has 3 nitrogen and oxygen atoms in total. The highest BCUT2D eigenvalue weighted by molar-refractivity contribution is 6.01. The second-order valence-corrected chi connectivity index (χ2v) is 4.65. The van der Waals surface area contributed by atoms with E-state index in [4.69, 9.17) is 0 Å². The fourth-order valence-corrected chi connectivity index (χ4v) is 1.76. The van der Waals surface area contributed by atoms with Crippen molar-refractivity contribution >= 4 is 5.78 Å². The number of nitrogens with zero attached hydrogens (tertiary/aromatic N) is 2. The summed E-state index contributed by atoms with van der Waals surface area (Å²) in [5, 5.41) is 0. The molecule has 1 aromatic heterocycles. The largest absolute Gasteiger partial charge is 0.455 e. The van der Waals surface area contributed by atoms with Gasteiger partial charge in [-0.2, -0.15) is 26.3 Å². The summed E-state index contributed by atoms with van der Waals surface area (Å²) in [5.74, 6) is -3.06. The molecule has 0 aliphatic heterocycles. The lowest BCUT2D eigenvalue weighted by Gasteiger charge is -2.13. The molecule has 0 amide bonds. The minimum absolute atomic E-state index is 0.187. The van der Waals surface area contributed by atoms with Crippen molar-refractivity contribution < 1.29 is 31.1 Å². The van der Waals surface area contributed by atoms with Crippen molar-refractivity contribution in [3.05, 3.63) is 47.3 Å². The standard InChI is InChI=1S/C14H8F6N2O/c1-7-2-4-8(5-3-7)12-21-6-9(11(23)14(18,19)20)10(22-12)13(15,16)17/h2-6H,1H3. The van der Waals surface area contributed by atoms with Gasteiger partial charge in [-0.1, -0.05) is 29.8 Å². The quantitative estimate of drug-likeness (QED) is 0.610. The number of ketones is 1. The van der Waals surface area contributed by atoms with Crippen LogP contribution in [0.2, 0.25) is 0 Å². The van der Waals surface area contributed by atoms with Gasteiger partial charge in [0.25, 0.3) is 5.78 Å². The van der Waals surface area contributed by atoms with Crippen molar-refractivity contribution in [3.63, 3.8) is 0 Å². The van der Waals surface area contributed by atoms with E-state index in [2.05, 4.69) is 9.97 Å². The molecule has 0 atom stereocenters. The molecule has 0 bridgehead atoms. The number of halogens is 6. The van der Waals surface area contributed by atoms with Crippen LogP contribution in [0.25, 0.3) is 11.4 Å². The summed E-state index contributed by atoms with van der Waals surface area (Å²) in [4.78, 5) is 17.7. The smallest absolute Gasteiger partial charge is 0.284 e.